The fraction of sp³-hybridized carbons (Fsp3) is 0.778. The van der Waals surface area contributed by atoms with Crippen LogP contribution in [0, 0.1) is 16.7 Å². The molecular formula is C9H14O4. The number of carbonyl (C=O) groups is 2. The maximum Gasteiger partial charge on any atom is 0.310 e. The van der Waals surface area contributed by atoms with Crippen molar-refractivity contribution in [2.24, 2.45) is 16.7 Å². The second kappa shape index (κ2) is 2.47. The van der Waals surface area contributed by atoms with Crippen LogP contribution in [0.5, 0.6) is 0 Å². The van der Waals surface area contributed by atoms with E-state index in [1.54, 1.807) is 6.92 Å². The van der Waals surface area contributed by atoms with E-state index >= 15 is 0 Å². The summed E-state index contributed by atoms with van der Waals surface area (Å²) in [7, 11) is 0. The lowest BCUT2D eigenvalue weighted by atomic mass is 9.94. The van der Waals surface area contributed by atoms with E-state index in [1.165, 1.54) is 6.92 Å². The fourth-order valence-electron chi connectivity index (χ4n) is 2.33. The molecule has 74 valence electrons. The summed E-state index contributed by atoms with van der Waals surface area (Å²) < 4.78 is 0. The molecule has 4 heteroatoms. The zero-order chi connectivity index (χ0) is 10.4. The first-order valence-corrected chi connectivity index (χ1v) is 4.28. The van der Waals surface area contributed by atoms with Crippen molar-refractivity contribution in [3.8, 4) is 0 Å². The predicted octanol–water partition coefficient (Wildman–Crippen LogP) is 1.21. The van der Waals surface area contributed by atoms with E-state index in [-0.39, 0.29) is 0 Å². The summed E-state index contributed by atoms with van der Waals surface area (Å²) >= 11 is 0. The molecule has 1 aliphatic rings. The normalized spacial score (nSPS) is 42.8. The van der Waals surface area contributed by atoms with Gasteiger partial charge in [-0.3, -0.25) is 9.59 Å². The maximum absolute atomic E-state index is 10.9. The second-order valence-electron chi connectivity index (χ2n) is 4.05. The highest BCUT2D eigenvalue weighted by Gasteiger charge is 2.77. The lowest BCUT2D eigenvalue weighted by molar-refractivity contribution is -0.148. The van der Waals surface area contributed by atoms with E-state index in [0.717, 1.165) is 0 Å². The number of hydrogen-bond acceptors (Lipinski definition) is 2. The SMILES string of the molecule is CCC1(C)C(C(=O)O)C1(C)C(=O)O. The summed E-state index contributed by atoms with van der Waals surface area (Å²) in [5.41, 5.74) is -1.68. The molecule has 0 amide bonds. The van der Waals surface area contributed by atoms with Crippen molar-refractivity contribution < 1.29 is 19.8 Å². The van der Waals surface area contributed by atoms with Gasteiger partial charge in [-0.1, -0.05) is 13.8 Å². The summed E-state index contributed by atoms with van der Waals surface area (Å²) in [6.07, 6.45) is 0.576. The van der Waals surface area contributed by atoms with Gasteiger partial charge in [0.15, 0.2) is 0 Å². The van der Waals surface area contributed by atoms with Crippen LogP contribution < -0.4 is 0 Å². The second-order valence-corrected chi connectivity index (χ2v) is 4.05. The number of hydrogen-bond donors (Lipinski definition) is 2. The lowest BCUT2D eigenvalue weighted by Crippen LogP contribution is -2.19. The fourth-order valence-corrected chi connectivity index (χ4v) is 2.33. The first kappa shape index (κ1) is 10.0. The highest BCUT2D eigenvalue weighted by Crippen LogP contribution is 2.70. The van der Waals surface area contributed by atoms with Gasteiger partial charge in [-0.25, -0.2) is 0 Å². The van der Waals surface area contributed by atoms with E-state index < -0.39 is 28.7 Å². The number of carboxylic acids is 2. The number of aliphatic carboxylic acids is 2. The Bertz CT molecular complexity index is 273. The molecule has 1 rings (SSSR count). The molecule has 3 unspecified atom stereocenters. The largest absolute Gasteiger partial charge is 0.481 e. The molecule has 1 aliphatic carbocycles. The third-order valence-corrected chi connectivity index (χ3v) is 3.74. The molecule has 13 heavy (non-hydrogen) atoms. The van der Waals surface area contributed by atoms with Crippen LogP contribution in [0.2, 0.25) is 0 Å². The average molecular weight is 186 g/mol. The van der Waals surface area contributed by atoms with E-state index in [1.807, 2.05) is 6.92 Å². The standard InChI is InChI=1S/C9H14O4/c1-4-8(2)5(6(10)11)9(8,3)7(12)13/h5H,4H2,1-3H3,(H,10,11)(H,12,13). The molecule has 4 nitrogen and oxygen atoms in total. The highest BCUT2D eigenvalue weighted by atomic mass is 16.4. The molecule has 0 spiro atoms. The van der Waals surface area contributed by atoms with E-state index in [0.29, 0.717) is 6.42 Å². The van der Waals surface area contributed by atoms with Crippen LogP contribution in [0.25, 0.3) is 0 Å². The third-order valence-electron chi connectivity index (χ3n) is 3.74. The van der Waals surface area contributed by atoms with Gasteiger partial charge in [-0.2, -0.15) is 0 Å². The zero-order valence-electron chi connectivity index (χ0n) is 8.00. The highest BCUT2D eigenvalue weighted by molar-refractivity contribution is 5.91. The van der Waals surface area contributed by atoms with Gasteiger partial charge < -0.3 is 10.2 Å². The van der Waals surface area contributed by atoms with Crippen molar-refractivity contribution >= 4 is 11.9 Å². The molecule has 1 fully saturated rings. The quantitative estimate of drug-likeness (QED) is 0.694. The van der Waals surface area contributed by atoms with Crippen LogP contribution in [-0.2, 0) is 9.59 Å². The van der Waals surface area contributed by atoms with Crippen LogP contribution in [0.4, 0.5) is 0 Å². The Morgan fingerprint density at radius 1 is 1.31 bits per heavy atom. The number of carboxylic acid groups (broad SMARTS) is 2. The average Bonchev–Trinajstić information content (AvgIpc) is 2.52. The first-order chi connectivity index (χ1) is 5.82. The van der Waals surface area contributed by atoms with Crippen LogP contribution in [0.15, 0.2) is 0 Å². The van der Waals surface area contributed by atoms with Crippen LogP contribution in [-0.4, -0.2) is 22.2 Å². The van der Waals surface area contributed by atoms with Crippen molar-refractivity contribution in [2.75, 3.05) is 0 Å². The molecule has 0 aromatic rings. The Balaban J connectivity index is 3.03. The van der Waals surface area contributed by atoms with E-state index in [9.17, 15) is 9.59 Å². The summed E-state index contributed by atoms with van der Waals surface area (Å²) in [5.74, 6) is -2.76. The van der Waals surface area contributed by atoms with Gasteiger partial charge in [0.2, 0.25) is 0 Å². The van der Waals surface area contributed by atoms with Crippen LogP contribution >= 0.6 is 0 Å². The Hall–Kier alpha value is -1.06. The molecule has 0 aromatic heterocycles. The van der Waals surface area contributed by atoms with Crippen molar-refractivity contribution in [3.63, 3.8) is 0 Å². The molecule has 0 radical (unpaired) electrons. The number of rotatable bonds is 3. The summed E-state index contributed by atoms with van der Waals surface area (Å²) in [4.78, 5) is 21.7. The van der Waals surface area contributed by atoms with Crippen molar-refractivity contribution in [1.29, 1.82) is 0 Å². The minimum atomic E-state index is -1.09. The molecule has 0 bridgehead atoms. The molecular weight excluding hydrogens is 172 g/mol. The van der Waals surface area contributed by atoms with E-state index in [2.05, 4.69) is 0 Å². The molecule has 0 aliphatic heterocycles. The molecule has 0 aromatic carbocycles. The molecule has 1 saturated carbocycles. The smallest absolute Gasteiger partial charge is 0.310 e. The monoisotopic (exact) mass is 186 g/mol. The third kappa shape index (κ3) is 0.913. The van der Waals surface area contributed by atoms with Gasteiger partial charge in [0.25, 0.3) is 0 Å². The molecule has 0 heterocycles. The summed E-state index contributed by atoms with van der Waals surface area (Å²) in [6, 6.07) is 0. The minimum absolute atomic E-state index is 0.576. The minimum Gasteiger partial charge on any atom is -0.481 e. The van der Waals surface area contributed by atoms with Crippen molar-refractivity contribution in [1.82, 2.24) is 0 Å². The molecule has 2 N–H and O–H groups in total. The summed E-state index contributed by atoms with van der Waals surface area (Å²) in [5, 5.41) is 17.8. The van der Waals surface area contributed by atoms with Crippen molar-refractivity contribution in [3.05, 3.63) is 0 Å². The maximum atomic E-state index is 10.9. The van der Waals surface area contributed by atoms with Gasteiger partial charge in [-0.05, 0) is 18.8 Å². The Labute approximate surface area is 76.6 Å². The lowest BCUT2D eigenvalue weighted by Gasteiger charge is -2.10. The van der Waals surface area contributed by atoms with Gasteiger partial charge in [0.1, 0.15) is 0 Å². The van der Waals surface area contributed by atoms with Crippen LogP contribution in [0.1, 0.15) is 27.2 Å². The van der Waals surface area contributed by atoms with Crippen LogP contribution in [0.3, 0.4) is 0 Å². The summed E-state index contributed by atoms with van der Waals surface area (Å²) in [6.45, 7) is 5.06. The Kier molecular flexibility index (Phi) is 1.90. The predicted molar refractivity (Wildman–Crippen MR) is 45.3 cm³/mol. The van der Waals surface area contributed by atoms with E-state index in [4.69, 9.17) is 10.2 Å². The zero-order valence-corrected chi connectivity index (χ0v) is 8.00. The Morgan fingerprint density at radius 2 is 1.77 bits per heavy atom. The molecule has 3 atom stereocenters. The van der Waals surface area contributed by atoms with Gasteiger partial charge in [-0.15, -0.1) is 0 Å². The Morgan fingerprint density at radius 3 is 1.85 bits per heavy atom. The van der Waals surface area contributed by atoms with Gasteiger partial charge in [0.05, 0.1) is 11.3 Å². The topological polar surface area (TPSA) is 74.6 Å². The first-order valence-electron chi connectivity index (χ1n) is 4.28. The van der Waals surface area contributed by atoms with Gasteiger partial charge >= 0.3 is 11.9 Å². The van der Waals surface area contributed by atoms with Gasteiger partial charge in [0, 0.05) is 0 Å². The molecule has 0 saturated heterocycles. The van der Waals surface area contributed by atoms with Crippen molar-refractivity contribution in [2.45, 2.75) is 27.2 Å².